The molecule has 0 heterocycles. The highest BCUT2D eigenvalue weighted by Gasteiger charge is 2.17. The molecular weight excluding hydrogens is 327 g/mol. The molecule has 0 saturated heterocycles. The van der Waals surface area contributed by atoms with Gasteiger partial charge >= 0.3 is 0 Å². The van der Waals surface area contributed by atoms with Gasteiger partial charge in [0.1, 0.15) is 11.7 Å². The minimum absolute atomic E-state index is 0.0721. The number of benzene rings is 2. The Morgan fingerprint density at radius 3 is 2.27 bits per heavy atom. The van der Waals surface area contributed by atoms with Gasteiger partial charge in [0.15, 0.2) is 0 Å². The van der Waals surface area contributed by atoms with E-state index in [-0.39, 0.29) is 10.7 Å². The van der Waals surface area contributed by atoms with E-state index in [9.17, 15) is 12.8 Å². The van der Waals surface area contributed by atoms with Gasteiger partial charge in [-0.25, -0.2) is 12.8 Å². The SMILES string of the molecule is CCN=C(NS(=O)(=O)c1ccc(Cl)cc1)c1ccc(F)cc1. The van der Waals surface area contributed by atoms with Crippen molar-refractivity contribution < 1.29 is 12.8 Å². The summed E-state index contributed by atoms with van der Waals surface area (Å²) in [5.74, 6) is -0.238. The summed E-state index contributed by atoms with van der Waals surface area (Å²) in [6.45, 7) is 2.16. The molecule has 0 spiro atoms. The number of sulfonamides is 1. The molecule has 0 bridgehead atoms. The van der Waals surface area contributed by atoms with Crippen LogP contribution in [0.3, 0.4) is 0 Å². The molecule has 0 amide bonds. The molecule has 4 nitrogen and oxygen atoms in total. The molecule has 0 aromatic heterocycles. The summed E-state index contributed by atoms with van der Waals surface area (Å²) in [5, 5.41) is 0.444. The van der Waals surface area contributed by atoms with Crippen LogP contribution in [0.1, 0.15) is 12.5 Å². The largest absolute Gasteiger partial charge is 0.268 e. The third-order valence-electron chi connectivity index (χ3n) is 2.79. The molecule has 7 heteroatoms. The van der Waals surface area contributed by atoms with Crippen molar-refractivity contribution in [2.75, 3.05) is 6.54 Å². The summed E-state index contributed by atoms with van der Waals surface area (Å²) in [6, 6.07) is 11.2. The Hall–Kier alpha value is -1.92. The molecule has 2 aromatic rings. The molecule has 116 valence electrons. The van der Waals surface area contributed by atoms with Gasteiger partial charge in [0.2, 0.25) is 0 Å². The summed E-state index contributed by atoms with van der Waals surface area (Å²) in [6.07, 6.45) is 0. The zero-order valence-electron chi connectivity index (χ0n) is 11.8. The zero-order chi connectivity index (χ0) is 16.2. The van der Waals surface area contributed by atoms with Crippen molar-refractivity contribution in [1.29, 1.82) is 0 Å². The normalized spacial score (nSPS) is 12.2. The van der Waals surface area contributed by atoms with Gasteiger partial charge in [0.25, 0.3) is 10.0 Å². The van der Waals surface area contributed by atoms with Gasteiger partial charge in [-0.3, -0.25) is 9.71 Å². The Morgan fingerprint density at radius 2 is 1.73 bits per heavy atom. The van der Waals surface area contributed by atoms with E-state index in [1.165, 1.54) is 48.5 Å². The van der Waals surface area contributed by atoms with Gasteiger partial charge in [-0.2, -0.15) is 0 Å². The number of hydrogen-bond acceptors (Lipinski definition) is 3. The van der Waals surface area contributed by atoms with Gasteiger partial charge in [-0.1, -0.05) is 11.6 Å². The van der Waals surface area contributed by atoms with Crippen molar-refractivity contribution in [2.45, 2.75) is 11.8 Å². The lowest BCUT2D eigenvalue weighted by atomic mass is 10.2. The van der Waals surface area contributed by atoms with Crippen molar-refractivity contribution in [1.82, 2.24) is 4.72 Å². The molecule has 0 radical (unpaired) electrons. The highest BCUT2D eigenvalue weighted by molar-refractivity contribution is 7.90. The maximum atomic E-state index is 13.0. The molecular formula is C15H14ClFN2O2S. The van der Waals surface area contributed by atoms with Crippen LogP contribution < -0.4 is 4.72 Å². The van der Waals surface area contributed by atoms with Crippen LogP contribution in [0, 0.1) is 5.82 Å². The Morgan fingerprint density at radius 1 is 1.14 bits per heavy atom. The quantitative estimate of drug-likeness (QED) is 0.686. The Kier molecular flexibility index (Phi) is 5.15. The van der Waals surface area contributed by atoms with E-state index in [1.807, 2.05) is 0 Å². The molecule has 0 saturated carbocycles. The smallest absolute Gasteiger partial charge is 0.263 e. The van der Waals surface area contributed by atoms with Crippen molar-refractivity contribution in [3.8, 4) is 0 Å². The fourth-order valence-corrected chi connectivity index (χ4v) is 2.92. The van der Waals surface area contributed by atoms with Crippen LogP contribution >= 0.6 is 11.6 Å². The zero-order valence-corrected chi connectivity index (χ0v) is 13.3. The van der Waals surface area contributed by atoms with Crippen molar-refractivity contribution in [3.63, 3.8) is 0 Å². The van der Waals surface area contributed by atoms with Gasteiger partial charge in [0, 0.05) is 17.1 Å². The van der Waals surface area contributed by atoms with Crippen molar-refractivity contribution in [2.24, 2.45) is 4.99 Å². The second-order valence-electron chi connectivity index (χ2n) is 4.39. The number of halogens is 2. The minimum atomic E-state index is -3.79. The van der Waals surface area contributed by atoms with Crippen molar-refractivity contribution >= 4 is 27.5 Å². The molecule has 2 aromatic carbocycles. The number of nitrogens with one attached hydrogen (secondary N) is 1. The Bertz CT molecular complexity index is 772. The minimum Gasteiger partial charge on any atom is -0.268 e. The first kappa shape index (κ1) is 16.5. The van der Waals surface area contributed by atoms with Crippen LogP contribution in [0.25, 0.3) is 0 Å². The predicted octanol–water partition coefficient (Wildman–Crippen LogP) is 3.22. The van der Waals surface area contributed by atoms with Crippen LogP contribution in [0.15, 0.2) is 58.4 Å². The van der Waals surface area contributed by atoms with Crippen LogP contribution in [0.2, 0.25) is 5.02 Å². The van der Waals surface area contributed by atoms with E-state index in [2.05, 4.69) is 9.71 Å². The average molecular weight is 341 g/mol. The first-order chi connectivity index (χ1) is 10.4. The average Bonchev–Trinajstić information content (AvgIpc) is 2.48. The second kappa shape index (κ2) is 6.89. The Balaban J connectivity index is 2.33. The lowest BCUT2D eigenvalue weighted by molar-refractivity contribution is 0.592. The van der Waals surface area contributed by atoms with Gasteiger partial charge < -0.3 is 0 Å². The van der Waals surface area contributed by atoms with E-state index < -0.39 is 15.8 Å². The summed E-state index contributed by atoms with van der Waals surface area (Å²) in [7, 11) is -3.79. The van der Waals surface area contributed by atoms with E-state index in [1.54, 1.807) is 6.92 Å². The monoisotopic (exact) mass is 340 g/mol. The van der Waals surface area contributed by atoms with E-state index in [0.717, 1.165) is 0 Å². The summed E-state index contributed by atoms with van der Waals surface area (Å²) >= 11 is 5.75. The molecule has 0 atom stereocenters. The number of nitrogens with zero attached hydrogens (tertiary/aromatic N) is 1. The maximum absolute atomic E-state index is 13.0. The fraction of sp³-hybridized carbons (Fsp3) is 0.133. The standard InChI is InChI=1S/C15H14ClFN2O2S/c1-2-18-15(11-3-7-13(17)8-4-11)19-22(20,21)14-9-5-12(16)6-10-14/h3-10H,2H2,1H3,(H,18,19). The molecule has 0 unspecified atom stereocenters. The number of hydrogen-bond donors (Lipinski definition) is 1. The van der Waals surface area contributed by atoms with Crippen LogP contribution in [-0.2, 0) is 10.0 Å². The maximum Gasteiger partial charge on any atom is 0.263 e. The van der Waals surface area contributed by atoms with Crippen LogP contribution in [0.4, 0.5) is 4.39 Å². The molecule has 0 aliphatic carbocycles. The van der Waals surface area contributed by atoms with Gasteiger partial charge in [-0.15, -0.1) is 0 Å². The number of rotatable bonds is 4. The predicted molar refractivity (Wildman–Crippen MR) is 85.3 cm³/mol. The lowest BCUT2D eigenvalue weighted by Gasteiger charge is -2.11. The molecule has 0 aliphatic rings. The van der Waals surface area contributed by atoms with Gasteiger partial charge in [-0.05, 0) is 55.5 Å². The summed E-state index contributed by atoms with van der Waals surface area (Å²) < 4.78 is 40.1. The highest BCUT2D eigenvalue weighted by atomic mass is 35.5. The fourth-order valence-electron chi connectivity index (χ4n) is 1.75. The Labute approximate surface area is 133 Å². The summed E-state index contributed by atoms with van der Waals surface area (Å²) in [5.41, 5.74) is 0.487. The van der Waals surface area contributed by atoms with Crippen LogP contribution in [0.5, 0.6) is 0 Å². The number of aliphatic imine (C=N–C) groups is 1. The molecule has 2 rings (SSSR count). The lowest BCUT2D eigenvalue weighted by Crippen LogP contribution is -2.31. The third-order valence-corrected chi connectivity index (χ3v) is 4.40. The highest BCUT2D eigenvalue weighted by Crippen LogP contribution is 2.14. The van der Waals surface area contributed by atoms with E-state index >= 15 is 0 Å². The third kappa shape index (κ3) is 4.05. The summed E-state index contributed by atoms with van der Waals surface area (Å²) in [4.78, 5) is 4.20. The van der Waals surface area contributed by atoms with E-state index in [4.69, 9.17) is 11.6 Å². The number of amidine groups is 1. The second-order valence-corrected chi connectivity index (χ2v) is 6.51. The van der Waals surface area contributed by atoms with Crippen LogP contribution in [-0.4, -0.2) is 20.8 Å². The molecule has 0 fully saturated rings. The first-order valence-electron chi connectivity index (χ1n) is 6.51. The molecule has 1 N–H and O–H groups in total. The van der Waals surface area contributed by atoms with Gasteiger partial charge in [0.05, 0.1) is 4.90 Å². The van der Waals surface area contributed by atoms with E-state index in [0.29, 0.717) is 17.1 Å². The molecule has 0 aliphatic heterocycles. The van der Waals surface area contributed by atoms with Crippen molar-refractivity contribution in [3.05, 3.63) is 64.9 Å². The first-order valence-corrected chi connectivity index (χ1v) is 8.37. The molecule has 22 heavy (non-hydrogen) atoms. The topological polar surface area (TPSA) is 58.5 Å².